The fraction of sp³-hybridized carbons (Fsp3) is 0.875. The van der Waals surface area contributed by atoms with Crippen LogP contribution in [0.3, 0.4) is 0 Å². The molecule has 1 rings (SSSR count). The lowest BCUT2D eigenvalue weighted by atomic mass is 10.2. The fourth-order valence-electron chi connectivity index (χ4n) is 0.897. The number of likely N-dealkylation sites (N-methyl/N-ethyl adjacent to an activating group) is 1. The average molecular weight is 172 g/mol. The van der Waals surface area contributed by atoms with Crippen LogP contribution in [0.15, 0.2) is 0 Å². The van der Waals surface area contributed by atoms with Gasteiger partial charge in [-0.3, -0.25) is 4.79 Å². The lowest BCUT2D eigenvalue weighted by Gasteiger charge is -2.27. The molecule has 1 aliphatic heterocycles. The van der Waals surface area contributed by atoms with Gasteiger partial charge in [0.25, 0.3) is 0 Å². The van der Waals surface area contributed by atoms with E-state index in [1.807, 2.05) is 6.92 Å². The van der Waals surface area contributed by atoms with Crippen LogP contribution in [-0.2, 0) is 9.53 Å². The van der Waals surface area contributed by atoms with E-state index in [9.17, 15) is 4.79 Å². The van der Waals surface area contributed by atoms with Crippen molar-refractivity contribution in [3.8, 4) is 0 Å². The largest absolute Gasteiger partial charge is 0.378 e. The molecule has 4 nitrogen and oxygen atoms in total. The van der Waals surface area contributed by atoms with Gasteiger partial charge in [0, 0.05) is 13.6 Å². The molecule has 4 heteroatoms. The summed E-state index contributed by atoms with van der Waals surface area (Å²) in [4.78, 5) is 12.9. The van der Waals surface area contributed by atoms with Crippen LogP contribution in [0.5, 0.6) is 0 Å². The Balaban J connectivity index is 2.08. The van der Waals surface area contributed by atoms with Crippen molar-refractivity contribution >= 4 is 5.91 Å². The van der Waals surface area contributed by atoms with E-state index in [2.05, 4.69) is 5.32 Å². The molecule has 1 saturated heterocycles. The highest BCUT2D eigenvalue weighted by Gasteiger charge is 2.18. The molecule has 0 saturated carbocycles. The van der Waals surface area contributed by atoms with E-state index >= 15 is 0 Å². The van der Waals surface area contributed by atoms with E-state index in [-0.39, 0.29) is 5.91 Å². The number of ether oxygens (including phenoxy) is 1. The lowest BCUT2D eigenvalue weighted by Crippen LogP contribution is -2.49. The van der Waals surface area contributed by atoms with Gasteiger partial charge in [-0.25, -0.2) is 0 Å². The standard InChI is InChI=1S/C8H16N2O2/c1-3-10(2)8(11)4-9-7-5-12-6-7/h7,9H,3-6H2,1-2H3. The second kappa shape index (κ2) is 4.42. The molecular weight excluding hydrogens is 156 g/mol. The maximum Gasteiger partial charge on any atom is 0.236 e. The molecule has 0 spiro atoms. The molecule has 1 aliphatic rings. The molecule has 1 fully saturated rings. The summed E-state index contributed by atoms with van der Waals surface area (Å²) in [6.07, 6.45) is 0. The summed E-state index contributed by atoms with van der Waals surface area (Å²) < 4.78 is 4.97. The second-order valence-electron chi connectivity index (χ2n) is 3.02. The van der Waals surface area contributed by atoms with Crippen molar-refractivity contribution in [2.45, 2.75) is 13.0 Å². The monoisotopic (exact) mass is 172 g/mol. The van der Waals surface area contributed by atoms with Gasteiger partial charge in [-0.15, -0.1) is 0 Å². The first-order valence-electron chi connectivity index (χ1n) is 4.29. The van der Waals surface area contributed by atoms with E-state index in [0.29, 0.717) is 12.6 Å². The van der Waals surface area contributed by atoms with Gasteiger partial charge in [-0.2, -0.15) is 0 Å². The van der Waals surface area contributed by atoms with E-state index in [4.69, 9.17) is 4.74 Å². The van der Waals surface area contributed by atoms with Crippen LogP contribution in [0.25, 0.3) is 0 Å². The third kappa shape index (κ3) is 2.46. The fourth-order valence-corrected chi connectivity index (χ4v) is 0.897. The van der Waals surface area contributed by atoms with E-state index in [1.165, 1.54) is 0 Å². The SMILES string of the molecule is CCN(C)C(=O)CNC1COC1. The first kappa shape index (κ1) is 9.48. The Hall–Kier alpha value is -0.610. The Kier molecular flexibility index (Phi) is 3.49. The van der Waals surface area contributed by atoms with Crippen molar-refractivity contribution < 1.29 is 9.53 Å². The Morgan fingerprint density at radius 1 is 1.67 bits per heavy atom. The number of carbonyl (C=O) groups excluding carboxylic acids is 1. The van der Waals surface area contributed by atoms with Crippen molar-refractivity contribution in [1.82, 2.24) is 10.2 Å². The highest BCUT2D eigenvalue weighted by atomic mass is 16.5. The van der Waals surface area contributed by atoms with Gasteiger partial charge >= 0.3 is 0 Å². The summed E-state index contributed by atoms with van der Waals surface area (Å²) in [5.74, 6) is 0.143. The summed E-state index contributed by atoms with van der Waals surface area (Å²) in [5.41, 5.74) is 0. The van der Waals surface area contributed by atoms with Crippen LogP contribution >= 0.6 is 0 Å². The molecule has 0 bridgehead atoms. The van der Waals surface area contributed by atoms with E-state index in [1.54, 1.807) is 11.9 Å². The summed E-state index contributed by atoms with van der Waals surface area (Å²) in [6, 6.07) is 0.388. The molecule has 0 aromatic rings. The number of nitrogens with zero attached hydrogens (tertiary/aromatic N) is 1. The van der Waals surface area contributed by atoms with Gasteiger partial charge in [0.1, 0.15) is 0 Å². The molecule has 1 amide bonds. The van der Waals surface area contributed by atoms with Crippen molar-refractivity contribution in [1.29, 1.82) is 0 Å². The van der Waals surface area contributed by atoms with Crippen LogP contribution in [-0.4, -0.2) is 50.2 Å². The molecule has 0 aromatic heterocycles. The van der Waals surface area contributed by atoms with Gasteiger partial charge in [-0.05, 0) is 6.92 Å². The highest BCUT2D eigenvalue weighted by Crippen LogP contribution is 1.98. The average Bonchev–Trinajstić information content (AvgIpc) is 2.00. The second-order valence-corrected chi connectivity index (χ2v) is 3.02. The predicted molar refractivity (Wildman–Crippen MR) is 45.9 cm³/mol. The summed E-state index contributed by atoms with van der Waals surface area (Å²) >= 11 is 0. The molecule has 0 radical (unpaired) electrons. The minimum Gasteiger partial charge on any atom is -0.378 e. The van der Waals surface area contributed by atoms with Crippen LogP contribution in [0.1, 0.15) is 6.92 Å². The van der Waals surface area contributed by atoms with Crippen LogP contribution in [0.4, 0.5) is 0 Å². The van der Waals surface area contributed by atoms with Gasteiger partial charge in [-0.1, -0.05) is 0 Å². The zero-order chi connectivity index (χ0) is 8.97. The van der Waals surface area contributed by atoms with Gasteiger partial charge in [0.2, 0.25) is 5.91 Å². The Bertz CT molecular complexity index is 157. The zero-order valence-corrected chi connectivity index (χ0v) is 7.67. The van der Waals surface area contributed by atoms with Crippen LogP contribution < -0.4 is 5.32 Å². The van der Waals surface area contributed by atoms with E-state index in [0.717, 1.165) is 19.8 Å². The molecule has 70 valence electrons. The lowest BCUT2D eigenvalue weighted by molar-refractivity contribution is -0.129. The molecule has 0 unspecified atom stereocenters. The summed E-state index contributed by atoms with van der Waals surface area (Å²) in [6.45, 7) is 4.64. The maximum atomic E-state index is 11.2. The smallest absolute Gasteiger partial charge is 0.236 e. The Morgan fingerprint density at radius 2 is 2.33 bits per heavy atom. The number of nitrogens with one attached hydrogen (secondary N) is 1. The summed E-state index contributed by atoms with van der Waals surface area (Å²) in [7, 11) is 1.81. The number of rotatable bonds is 4. The topological polar surface area (TPSA) is 41.6 Å². The molecule has 0 aliphatic carbocycles. The van der Waals surface area contributed by atoms with Gasteiger partial charge < -0.3 is 15.0 Å². The zero-order valence-electron chi connectivity index (χ0n) is 7.67. The molecule has 0 atom stereocenters. The Morgan fingerprint density at radius 3 is 2.75 bits per heavy atom. The van der Waals surface area contributed by atoms with Crippen LogP contribution in [0, 0.1) is 0 Å². The van der Waals surface area contributed by atoms with Crippen molar-refractivity contribution in [2.24, 2.45) is 0 Å². The Labute approximate surface area is 72.9 Å². The van der Waals surface area contributed by atoms with Crippen molar-refractivity contribution in [3.63, 3.8) is 0 Å². The predicted octanol–water partition coefficient (Wildman–Crippen LogP) is -0.547. The first-order valence-corrected chi connectivity index (χ1v) is 4.29. The third-order valence-electron chi connectivity index (χ3n) is 2.08. The number of carbonyl (C=O) groups is 1. The molecular formula is C8H16N2O2. The maximum absolute atomic E-state index is 11.2. The third-order valence-corrected chi connectivity index (χ3v) is 2.08. The van der Waals surface area contributed by atoms with Crippen molar-refractivity contribution in [3.05, 3.63) is 0 Å². The molecule has 1 N–H and O–H groups in total. The van der Waals surface area contributed by atoms with Gasteiger partial charge in [0.05, 0.1) is 25.8 Å². The number of hydrogen-bond donors (Lipinski definition) is 1. The highest BCUT2D eigenvalue weighted by molar-refractivity contribution is 5.77. The molecule has 1 heterocycles. The van der Waals surface area contributed by atoms with Crippen molar-refractivity contribution in [2.75, 3.05) is 33.4 Å². The molecule has 12 heavy (non-hydrogen) atoms. The minimum atomic E-state index is 0.143. The minimum absolute atomic E-state index is 0.143. The normalized spacial score (nSPS) is 17.2. The molecule has 0 aromatic carbocycles. The number of amides is 1. The summed E-state index contributed by atoms with van der Waals surface area (Å²) in [5, 5.41) is 3.12. The quantitative estimate of drug-likeness (QED) is 0.619. The van der Waals surface area contributed by atoms with Crippen LogP contribution in [0.2, 0.25) is 0 Å². The number of hydrogen-bond acceptors (Lipinski definition) is 3. The van der Waals surface area contributed by atoms with Gasteiger partial charge in [0.15, 0.2) is 0 Å². The van der Waals surface area contributed by atoms with E-state index < -0.39 is 0 Å². The first-order chi connectivity index (χ1) is 5.74.